The van der Waals surface area contributed by atoms with Crippen LogP contribution >= 0.6 is 0 Å². The van der Waals surface area contributed by atoms with E-state index in [4.69, 9.17) is 13.0 Å². The molecule has 0 unspecified atom stereocenters. The summed E-state index contributed by atoms with van der Waals surface area (Å²) < 4.78 is 25.0. The molecule has 0 fully saturated rings. The average molecular weight is 316 g/mol. The molecule has 2 aromatic rings. The molecule has 114 valence electrons. The van der Waals surface area contributed by atoms with E-state index in [-0.39, 0.29) is 16.4 Å². The second-order valence-electron chi connectivity index (χ2n) is 5.05. The van der Waals surface area contributed by atoms with Crippen LogP contribution in [0.25, 0.3) is 0 Å². The molecule has 2 N–H and O–H groups in total. The van der Waals surface area contributed by atoms with E-state index in [9.17, 15) is 13.5 Å². The number of hydrogen-bond donors (Lipinski definition) is 2. The number of aryl methyl sites for hydroxylation is 1. The summed E-state index contributed by atoms with van der Waals surface area (Å²) in [5.74, 6) is 0. The van der Waals surface area contributed by atoms with Crippen molar-refractivity contribution in [3.8, 4) is 0 Å². The van der Waals surface area contributed by atoms with Gasteiger partial charge in [0.25, 0.3) is 0 Å². The second-order valence-corrected chi connectivity index (χ2v) is 7.00. The summed E-state index contributed by atoms with van der Waals surface area (Å²) in [7, 11) is 2.33. The quantitative estimate of drug-likeness (QED) is 0.766. The third kappa shape index (κ3) is 3.77. The molecule has 6 heteroatoms. The number of sulfone groups is 1. The number of hydrogen-bond acceptors (Lipinski definition) is 4. The predicted octanol–water partition coefficient (Wildman–Crippen LogP) is 0.599. The van der Waals surface area contributed by atoms with Gasteiger partial charge in [0.2, 0.25) is 9.84 Å². The fourth-order valence-electron chi connectivity index (χ4n) is 2.12. The molecular formula is C16H17BO4S. The largest absolute Gasteiger partial charge is 0.394 e. The summed E-state index contributed by atoms with van der Waals surface area (Å²) in [6, 6.07) is 12.8. The minimum Gasteiger partial charge on any atom is -0.394 e. The molecule has 0 aliphatic heterocycles. The van der Waals surface area contributed by atoms with Gasteiger partial charge in [0.05, 0.1) is 22.5 Å². The Hall–Kier alpha value is -1.63. The monoisotopic (exact) mass is 316 g/mol. The first-order chi connectivity index (χ1) is 10.4. The van der Waals surface area contributed by atoms with E-state index in [1.54, 1.807) is 24.3 Å². The van der Waals surface area contributed by atoms with Crippen LogP contribution in [0.3, 0.4) is 0 Å². The molecule has 2 aromatic carbocycles. The van der Waals surface area contributed by atoms with Gasteiger partial charge < -0.3 is 10.2 Å². The van der Waals surface area contributed by atoms with Crippen molar-refractivity contribution in [2.24, 2.45) is 0 Å². The molecule has 0 bridgehead atoms. The van der Waals surface area contributed by atoms with Crippen LogP contribution in [0.1, 0.15) is 12.0 Å². The van der Waals surface area contributed by atoms with Gasteiger partial charge in [-0.05, 0) is 37.1 Å². The van der Waals surface area contributed by atoms with E-state index in [0.717, 1.165) is 5.56 Å². The van der Waals surface area contributed by atoms with Crippen molar-refractivity contribution in [1.82, 2.24) is 0 Å². The zero-order valence-electron chi connectivity index (χ0n) is 12.0. The molecule has 22 heavy (non-hydrogen) atoms. The Balaban J connectivity index is 2.26. The molecule has 2 rings (SSSR count). The van der Waals surface area contributed by atoms with E-state index >= 15 is 0 Å². The molecule has 0 saturated carbocycles. The molecule has 4 nitrogen and oxygen atoms in total. The normalized spacial score (nSPS) is 13.0. The Kier molecular flexibility index (Phi) is 5.40. The van der Waals surface area contributed by atoms with Gasteiger partial charge in [-0.3, -0.25) is 0 Å². The summed E-state index contributed by atoms with van der Waals surface area (Å²) in [5.41, 5.74) is 1.11. The summed E-state index contributed by atoms with van der Waals surface area (Å²) in [6.07, 6.45) is 0.0390. The highest BCUT2D eigenvalue weighted by atomic mass is 32.2. The maximum absolute atomic E-state index is 12.5. The molecular weight excluding hydrogens is 299 g/mol. The third-order valence-corrected chi connectivity index (χ3v) is 5.21. The summed E-state index contributed by atoms with van der Waals surface area (Å²) in [6.45, 7) is -0.305. The van der Waals surface area contributed by atoms with Gasteiger partial charge >= 0.3 is 0 Å². The first kappa shape index (κ1) is 16.7. The maximum atomic E-state index is 12.5. The van der Waals surface area contributed by atoms with Crippen LogP contribution < -0.4 is 5.46 Å². The lowest BCUT2D eigenvalue weighted by Gasteiger charge is -2.11. The number of rotatable bonds is 6. The topological polar surface area (TPSA) is 74.6 Å². The fourth-order valence-corrected chi connectivity index (χ4v) is 3.43. The van der Waals surface area contributed by atoms with E-state index in [2.05, 4.69) is 0 Å². The first-order valence-corrected chi connectivity index (χ1v) is 8.41. The summed E-state index contributed by atoms with van der Waals surface area (Å²) in [4.78, 5) is 0.362. The molecule has 0 aliphatic carbocycles. The Bertz CT molecular complexity index is 729. The van der Waals surface area contributed by atoms with Crippen molar-refractivity contribution in [2.75, 3.05) is 6.61 Å². The van der Waals surface area contributed by atoms with Gasteiger partial charge in [0.15, 0.2) is 0 Å². The van der Waals surface area contributed by atoms with Crippen molar-refractivity contribution >= 4 is 23.1 Å². The van der Waals surface area contributed by atoms with Crippen LogP contribution in [0.5, 0.6) is 0 Å². The highest BCUT2D eigenvalue weighted by molar-refractivity contribution is 7.91. The standard InChI is InChI=1S/C16H17BO4S/c17-16-10-15(9-7-12(16)6-8-13(19)11-18)22(20,21)14-4-2-1-3-5-14/h1-5,7,9-10,13,18-19H,6,8,11H2/t13-/m1/s1. The highest BCUT2D eigenvalue weighted by Gasteiger charge is 2.17. The zero-order chi connectivity index (χ0) is 16.2. The van der Waals surface area contributed by atoms with Gasteiger partial charge in [-0.15, -0.1) is 0 Å². The van der Waals surface area contributed by atoms with Gasteiger partial charge in [-0.1, -0.05) is 35.3 Å². The lowest BCUT2D eigenvalue weighted by molar-refractivity contribution is 0.0886. The average Bonchev–Trinajstić information content (AvgIpc) is 2.54. The molecule has 0 spiro atoms. The zero-order valence-corrected chi connectivity index (χ0v) is 12.8. The van der Waals surface area contributed by atoms with Crippen LogP contribution in [0.2, 0.25) is 0 Å². The Labute approximate surface area is 131 Å². The molecule has 0 saturated heterocycles. The van der Waals surface area contributed by atoms with Crippen molar-refractivity contribution in [2.45, 2.75) is 28.7 Å². The van der Waals surface area contributed by atoms with Crippen LogP contribution in [0, 0.1) is 0 Å². The molecule has 0 aromatic heterocycles. The van der Waals surface area contributed by atoms with Crippen LogP contribution in [-0.2, 0) is 16.3 Å². The SMILES string of the molecule is [B]c1cc(S(=O)(=O)c2ccccc2)ccc1CC[C@@H](O)CO. The first-order valence-electron chi connectivity index (χ1n) is 6.92. The Morgan fingerprint density at radius 3 is 2.32 bits per heavy atom. The molecule has 0 heterocycles. The molecule has 0 amide bonds. The van der Waals surface area contributed by atoms with E-state index in [1.165, 1.54) is 24.3 Å². The van der Waals surface area contributed by atoms with Crippen LogP contribution in [-0.4, -0.2) is 39.2 Å². The van der Waals surface area contributed by atoms with E-state index < -0.39 is 15.9 Å². The number of aliphatic hydroxyl groups excluding tert-OH is 2. The van der Waals surface area contributed by atoms with Gasteiger partial charge in [0.1, 0.15) is 7.85 Å². The molecule has 2 radical (unpaired) electrons. The van der Waals surface area contributed by atoms with Crippen LogP contribution in [0.4, 0.5) is 0 Å². The minimum absolute atomic E-state index is 0.141. The number of aliphatic hydroxyl groups is 2. The van der Waals surface area contributed by atoms with E-state index in [1.807, 2.05) is 0 Å². The summed E-state index contributed by atoms with van der Waals surface area (Å²) >= 11 is 0. The second kappa shape index (κ2) is 7.09. The van der Waals surface area contributed by atoms with Crippen molar-refractivity contribution in [1.29, 1.82) is 0 Å². The Morgan fingerprint density at radius 1 is 1.05 bits per heavy atom. The van der Waals surface area contributed by atoms with Gasteiger partial charge in [-0.2, -0.15) is 0 Å². The van der Waals surface area contributed by atoms with Gasteiger partial charge in [-0.25, -0.2) is 8.42 Å². The Morgan fingerprint density at radius 2 is 1.73 bits per heavy atom. The smallest absolute Gasteiger partial charge is 0.206 e. The summed E-state index contributed by atoms with van der Waals surface area (Å²) in [5, 5.41) is 18.2. The maximum Gasteiger partial charge on any atom is 0.206 e. The predicted molar refractivity (Wildman–Crippen MR) is 85.1 cm³/mol. The molecule has 1 atom stereocenters. The van der Waals surface area contributed by atoms with Crippen molar-refractivity contribution in [3.63, 3.8) is 0 Å². The third-order valence-electron chi connectivity index (χ3n) is 3.44. The fraction of sp³-hybridized carbons (Fsp3) is 0.250. The van der Waals surface area contributed by atoms with Crippen molar-refractivity contribution in [3.05, 3.63) is 54.1 Å². The lowest BCUT2D eigenvalue weighted by atomic mass is 9.88. The van der Waals surface area contributed by atoms with Crippen molar-refractivity contribution < 1.29 is 18.6 Å². The lowest BCUT2D eigenvalue weighted by Crippen LogP contribution is -2.18. The van der Waals surface area contributed by atoms with Gasteiger partial charge in [0, 0.05) is 0 Å². The highest BCUT2D eigenvalue weighted by Crippen LogP contribution is 2.20. The molecule has 0 aliphatic rings. The number of benzene rings is 2. The minimum atomic E-state index is -3.58. The van der Waals surface area contributed by atoms with E-state index in [0.29, 0.717) is 18.3 Å². The van der Waals surface area contributed by atoms with Crippen LogP contribution in [0.15, 0.2) is 58.3 Å².